The number of rotatable bonds is 40. The number of benzene rings is 4. The van der Waals surface area contributed by atoms with Crippen LogP contribution in [0.4, 0.5) is 0 Å². The predicted molar refractivity (Wildman–Crippen MR) is 388 cm³/mol. The molecule has 0 radical (unpaired) electrons. The van der Waals surface area contributed by atoms with E-state index in [1.165, 1.54) is 4.90 Å². The van der Waals surface area contributed by atoms with E-state index in [0.717, 1.165) is 83.3 Å². The number of amides is 4. The van der Waals surface area contributed by atoms with Gasteiger partial charge in [0.2, 0.25) is 29.4 Å². The van der Waals surface area contributed by atoms with Gasteiger partial charge in [-0.3, -0.25) is 19.2 Å². The van der Waals surface area contributed by atoms with E-state index in [2.05, 4.69) is 25.9 Å². The number of esters is 1. The van der Waals surface area contributed by atoms with Crippen molar-refractivity contribution in [3.63, 3.8) is 0 Å². The van der Waals surface area contributed by atoms with Crippen LogP contribution in [0.5, 0.6) is 34.5 Å². The average molecular weight is 1460 g/mol. The fraction of sp³-hybridized carbons (Fsp3) is 0.558. The topological polar surface area (TPSA) is 290 Å². The minimum absolute atomic E-state index is 0.0321. The van der Waals surface area contributed by atoms with Crippen LogP contribution in [0.2, 0.25) is 0 Å². The molecule has 9 rings (SSSR count). The molecule has 4 heterocycles. The molecule has 0 spiro atoms. The summed E-state index contributed by atoms with van der Waals surface area (Å²) in [5, 5.41) is 24.9. The van der Waals surface area contributed by atoms with Crippen molar-refractivity contribution in [1.29, 1.82) is 0 Å². The zero-order chi connectivity index (χ0) is 74.0. The number of nitrogens with one attached hydrogen (secondary N) is 2. The molecular formula is C77H104N8O18S. The molecule has 104 heavy (non-hydrogen) atoms. The van der Waals surface area contributed by atoms with Crippen molar-refractivity contribution in [2.75, 3.05) is 115 Å². The van der Waals surface area contributed by atoms with E-state index in [1.807, 2.05) is 112 Å². The maximum absolute atomic E-state index is 15.3. The largest absolute Gasteiger partial charge is 0.493 e. The molecule has 0 unspecified atom stereocenters. The van der Waals surface area contributed by atoms with Crippen molar-refractivity contribution in [2.24, 2.45) is 11.3 Å². The number of aliphatic hydroxyl groups is 1. The number of hydrogen-bond donors (Lipinski definition) is 3. The molecule has 3 fully saturated rings. The molecule has 1 aliphatic carbocycles. The number of likely N-dealkylation sites (tertiary alicyclic amines) is 2. The third-order valence-corrected chi connectivity index (χ3v) is 20.0. The summed E-state index contributed by atoms with van der Waals surface area (Å²) in [6, 6.07) is 22.2. The smallest absolute Gasteiger partial charge is 0.329 e. The monoisotopic (exact) mass is 1460 g/mol. The van der Waals surface area contributed by atoms with Gasteiger partial charge in [0.1, 0.15) is 48.9 Å². The van der Waals surface area contributed by atoms with Crippen LogP contribution in [-0.4, -0.2) is 203 Å². The van der Waals surface area contributed by atoms with E-state index in [9.17, 15) is 24.3 Å². The van der Waals surface area contributed by atoms with E-state index >= 15 is 4.79 Å². The third-order valence-electron chi connectivity index (χ3n) is 19.0. The first-order chi connectivity index (χ1) is 50.4. The fourth-order valence-electron chi connectivity index (χ4n) is 13.5. The number of thiazole rings is 1. The van der Waals surface area contributed by atoms with Gasteiger partial charge < -0.3 is 82.4 Å². The maximum Gasteiger partial charge on any atom is 0.329 e. The Morgan fingerprint density at radius 1 is 0.673 bits per heavy atom. The molecule has 6 atom stereocenters. The van der Waals surface area contributed by atoms with Gasteiger partial charge >= 0.3 is 5.97 Å². The number of nitrogens with zero attached hydrogens (tertiary/aromatic N) is 6. The number of methoxy groups -OCH3 is 5. The maximum atomic E-state index is 15.3. The lowest BCUT2D eigenvalue weighted by Crippen LogP contribution is -2.58. The molecule has 1 saturated carbocycles. The summed E-state index contributed by atoms with van der Waals surface area (Å²) in [7, 11) is 7.88. The van der Waals surface area contributed by atoms with Crippen molar-refractivity contribution < 1.29 is 85.9 Å². The molecule has 566 valence electrons. The van der Waals surface area contributed by atoms with Crippen LogP contribution in [-0.2, 0) is 78.5 Å². The second-order valence-corrected chi connectivity index (χ2v) is 28.2. The molecule has 6 aromatic rings. The quantitative estimate of drug-likeness (QED) is 0.0238. The van der Waals surface area contributed by atoms with Crippen molar-refractivity contribution in [3.8, 4) is 44.9 Å². The highest BCUT2D eigenvalue weighted by Gasteiger charge is 2.45. The minimum atomic E-state index is -0.987. The first-order valence-corrected chi connectivity index (χ1v) is 36.8. The van der Waals surface area contributed by atoms with Crippen LogP contribution in [0, 0.1) is 18.3 Å². The summed E-state index contributed by atoms with van der Waals surface area (Å²) < 4.78 is 71.2. The number of carbonyl (C=O) groups is 5. The van der Waals surface area contributed by atoms with Crippen molar-refractivity contribution in [3.05, 3.63) is 124 Å². The lowest BCUT2D eigenvalue weighted by Gasteiger charge is -2.40. The first kappa shape index (κ1) is 79.7. The van der Waals surface area contributed by atoms with E-state index in [1.54, 1.807) is 62.7 Å². The van der Waals surface area contributed by atoms with E-state index < -0.39 is 59.5 Å². The Morgan fingerprint density at radius 2 is 1.33 bits per heavy atom. The lowest BCUT2D eigenvalue weighted by molar-refractivity contribution is -0.163. The van der Waals surface area contributed by atoms with Crippen molar-refractivity contribution in [1.82, 2.24) is 40.4 Å². The molecule has 2 saturated heterocycles. The van der Waals surface area contributed by atoms with Crippen LogP contribution in [0.25, 0.3) is 10.4 Å². The van der Waals surface area contributed by atoms with Crippen LogP contribution in [0.15, 0.2) is 90.6 Å². The number of aryl methyl sites for hydroxylation is 2. The Balaban J connectivity index is 0.661. The molecular weight excluding hydrogens is 1360 g/mol. The Morgan fingerprint density at radius 3 is 1.97 bits per heavy atom. The van der Waals surface area contributed by atoms with Crippen LogP contribution in [0.3, 0.4) is 0 Å². The van der Waals surface area contributed by atoms with Crippen LogP contribution >= 0.6 is 11.3 Å². The molecule has 27 heteroatoms. The molecule has 3 N–H and O–H groups in total. The van der Waals surface area contributed by atoms with Gasteiger partial charge in [-0.05, 0) is 127 Å². The summed E-state index contributed by atoms with van der Waals surface area (Å²) >= 11 is 1.57. The summed E-state index contributed by atoms with van der Waals surface area (Å²) in [6.45, 7) is 11.1. The fourth-order valence-corrected chi connectivity index (χ4v) is 14.3. The highest BCUT2D eigenvalue weighted by Crippen LogP contribution is 2.46. The standard InChI is InChI=1S/C77H104N8O18S/c1-51-71(104-50-79-51)55-25-21-53(22-26-55)45-78-73(88)62-44-59(86)47-85(62)75(90)72(77(2,3)4)80-68(87)49-101-39-38-100-37-36-99-35-34-98-33-32-97-31-30-83-46-58(81-82-83)48-102-60-19-15-18-56(41-60)63(27-23-52-24-28-64(92-5)65(40-52)93-6)103-76(91)61-20-13-14-29-84(61)74(89)69(54-16-11-10-12-17-54)57-42-66(94-7)70(96-9)67(43-57)95-8/h15,18-19,21-22,24-26,28,40-43,46,50,54,59,61-63,69,72,86H,10-14,16-17,20,23,27,29-39,44-45,47-49H2,1-9H3,(H,78,88)(H,80,87)/t59-,61-,62+,63+,69+,72-/m1/s1. The predicted octanol–water partition coefficient (Wildman–Crippen LogP) is 9.19. The van der Waals surface area contributed by atoms with Gasteiger partial charge in [-0.2, -0.15) is 0 Å². The second-order valence-electron chi connectivity index (χ2n) is 27.3. The summed E-state index contributed by atoms with van der Waals surface area (Å²) in [5.41, 5.74) is 7.03. The van der Waals surface area contributed by atoms with Gasteiger partial charge in [0.25, 0.3) is 0 Å². The number of ether oxygens (including phenoxy) is 12. The van der Waals surface area contributed by atoms with Crippen LogP contribution < -0.4 is 39.1 Å². The van der Waals surface area contributed by atoms with Crippen molar-refractivity contribution in [2.45, 2.75) is 154 Å². The van der Waals surface area contributed by atoms with Gasteiger partial charge in [0.05, 0.1) is 136 Å². The number of aliphatic hydroxyl groups excluding tert-OH is 1. The molecule has 3 aliphatic rings. The van der Waals surface area contributed by atoms with E-state index in [0.29, 0.717) is 119 Å². The summed E-state index contributed by atoms with van der Waals surface area (Å²) in [5.74, 6) is 0.754. The van der Waals surface area contributed by atoms with Gasteiger partial charge in [-0.25, -0.2) is 14.5 Å². The molecule has 2 aliphatic heterocycles. The minimum Gasteiger partial charge on any atom is -0.493 e. The molecule has 26 nitrogen and oxygen atoms in total. The van der Waals surface area contributed by atoms with Crippen molar-refractivity contribution >= 4 is 40.9 Å². The van der Waals surface area contributed by atoms with E-state index in [4.69, 9.17) is 56.8 Å². The zero-order valence-electron chi connectivity index (χ0n) is 61.6. The van der Waals surface area contributed by atoms with E-state index in [-0.39, 0.29) is 63.7 Å². The average Bonchev–Trinajstić information content (AvgIpc) is 1.16. The Hall–Kier alpha value is -8.44. The highest BCUT2D eigenvalue weighted by atomic mass is 32.1. The molecule has 0 bridgehead atoms. The Bertz CT molecular complexity index is 3680. The third kappa shape index (κ3) is 22.5. The SMILES string of the molecule is COc1ccc(CC[C@H](OC(=O)[C@H]2CCCCN2C(=O)[C@H](c2cc(OC)c(OC)c(OC)c2)C2CCCCC2)c2cccc(OCc3cn(CCOCCOCCOCCOCCOCC(=O)N[C@H](C(=O)N4C[C@H](O)C[C@H]4C(=O)NCc4ccc(-c5scnc5C)cc4)C(C)(C)C)nn3)c2)cc1OC. The number of hydrogen-bond acceptors (Lipinski definition) is 22. The van der Waals surface area contributed by atoms with Gasteiger partial charge in [-0.15, -0.1) is 16.4 Å². The van der Waals surface area contributed by atoms with Gasteiger partial charge in [-0.1, -0.05) is 87.7 Å². The number of β-amino-alcohol motifs (C(OH)–C–C–N with tert-alkyl or cyclic N) is 1. The Kier molecular flexibility index (Phi) is 30.8. The van der Waals surface area contributed by atoms with Crippen LogP contribution in [0.1, 0.15) is 131 Å². The summed E-state index contributed by atoms with van der Waals surface area (Å²) in [4.78, 5) is 79.3. The number of aromatic nitrogens is 4. The zero-order valence-corrected chi connectivity index (χ0v) is 62.4. The lowest BCUT2D eigenvalue weighted by atomic mass is 9.75. The normalized spacial score (nSPS) is 17.2. The number of carbonyl (C=O) groups excluding carboxylic acids is 5. The second kappa shape index (κ2) is 40.2. The highest BCUT2D eigenvalue weighted by molar-refractivity contribution is 7.13. The molecule has 4 aromatic carbocycles. The Labute approximate surface area is 613 Å². The molecule has 4 amide bonds. The number of piperidine rings is 1. The van der Waals surface area contributed by atoms with Gasteiger partial charge in [0.15, 0.2) is 23.0 Å². The van der Waals surface area contributed by atoms with Gasteiger partial charge in [0, 0.05) is 26.1 Å². The summed E-state index contributed by atoms with van der Waals surface area (Å²) in [6.07, 6.45) is 8.16. The first-order valence-electron chi connectivity index (χ1n) is 36.0. The molecule has 2 aromatic heterocycles.